The molecular formula is C19H15N3O5S. The average molecular weight is 397 g/mol. The lowest BCUT2D eigenvalue weighted by Crippen LogP contribution is -2.41. The van der Waals surface area contributed by atoms with Crippen molar-refractivity contribution < 1.29 is 17.6 Å². The van der Waals surface area contributed by atoms with E-state index in [1.165, 1.54) is 30.3 Å². The Hall–Kier alpha value is -3.43. The predicted octanol–water partition coefficient (Wildman–Crippen LogP) is 1.91. The minimum Gasteiger partial charge on any atom is -0.423 e. The van der Waals surface area contributed by atoms with Crippen molar-refractivity contribution in [3.05, 3.63) is 76.8 Å². The number of para-hydroxylation sites is 1. The number of nitrogens with one attached hydrogen (secondary N) is 2. The molecule has 0 aliphatic rings. The van der Waals surface area contributed by atoms with Crippen LogP contribution in [0.4, 0.5) is 0 Å². The first kappa shape index (κ1) is 18.0. The SMILES string of the molecule is Cn1cc(C(=O)NNS(=O)(=O)c2ccc3oc(=O)ccc3c2)c2ccccc21. The van der Waals surface area contributed by atoms with Crippen LogP contribution < -0.4 is 15.9 Å². The third-order valence-electron chi connectivity index (χ3n) is 4.34. The molecule has 2 heterocycles. The molecule has 0 radical (unpaired) electrons. The van der Waals surface area contributed by atoms with E-state index >= 15 is 0 Å². The van der Waals surface area contributed by atoms with Gasteiger partial charge in [0.1, 0.15) is 5.58 Å². The summed E-state index contributed by atoms with van der Waals surface area (Å²) in [4.78, 5) is 25.7. The molecule has 2 aromatic heterocycles. The first-order valence-electron chi connectivity index (χ1n) is 8.25. The average Bonchev–Trinajstić information content (AvgIpc) is 3.03. The van der Waals surface area contributed by atoms with Crippen LogP contribution in [-0.2, 0) is 17.1 Å². The van der Waals surface area contributed by atoms with Crippen LogP contribution in [0.5, 0.6) is 0 Å². The zero-order chi connectivity index (χ0) is 19.9. The molecule has 4 rings (SSSR count). The van der Waals surface area contributed by atoms with Gasteiger partial charge >= 0.3 is 5.63 Å². The fourth-order valence-electron chi connectivity index (χ4n) is 2.98. The lowest BCUT2D eigenvalue weighted by atomic mass is 10.2. The second kappa shape index (κ2) is 6.63. The molecule has 0 aliphatic heterocycles. The van der Waals surface area contributed by atoms with E-state index in [2.05, 4.69) is 10.3 Å². The normalized spacial score (nSPS) is 11.8. The van der Waals surface area contributed by atoms with E-state index in [0.717, 1.165) is 5.52 Å². The van der Waals surface area contributed by atoms with Gasteiger partial charge in [0.25, 0.3) is 15.9 Å². The van der Waals surface area contributed by atoms with E-state index in [4.69, 9.17) is 4.42 Å². The van der Waals surface area contributed by atoms with Crippen LogP contribution in [0, 0.1) is 0 Å². The summed E-state index contributed by atoms with van der Waals surface area (Å²) in [5, 5.41) is 1.16. The summed E-state index contributed by atoms with van der Waals surface area (Å²) in [6.45, 7) is 0. The van der Waals surface area contributed by atoms with Crippen molar-refractivity contribution in [2.75, 3.05) is 0 Å². The number of carbonyl (C=O) groups is 1. The number of aryl methyl sites for hydroxylation is 1. The molecule has 8 nitrogen and oxygen atoms in total. The number of sulfonamides is 1. The Morgan fingerprint density at radius 3 is 2.68 bits per heavy atom. The van der Waals surface area contributed by atoms with E-state index in [-0.39, 0.29) is 10.5 Å². The molecule has 0 spiro atoms. The second-order valence-corrected chi connectivity index (χ2v) is 7.87. The maximum absolute atomic E-state index is 12.5. The maximum atomic E-state index is 12.5. The number of amides is 1. The molecule has 0 atom stereocenters. The first-order valence-corrected chi connectivity index (χ1v) is 9.74. The molecule has 0 saturated heterocycles. The van der Waals surface area contributed by atoms with Crippen molar-refractivity contribution in [3.8, 4) is 0 Å². The van der Waals surface area contributed by atoms with Gasteiger partial charge in [0.05, 0.1) is 10.5 Å². The van der Waals surface area contributed by atoms with Crippen LogP contribution in [-0.4, -0.2) is 18.9 Å². The minimum absolute atomic E-state index is 0.0768. The number of hydrazine groups is 1. The van der Waals surface area contributed by atoms with Gasteiger partial charge in [-0.25, -0.2) is 13.2 Å². The Morgan fingerprint density at radius 1 is 1.07 bits per heavy atom. The quantitative estimate of drug-likeness (QED) is 0.404. The Balaban J connectivity index is 1.59. The molecule has 4 aromatic rings. The Kier molecular flexibility index (Phi) is 4.25. The van der Waals surface area contributed by atoms with Crippen LogP contribution in [0.25, 0.3) is 21.9 Å². The lowest BCUT2D eigenvalue weighted by molar-refractivity contribution is 0.0946. The molecule has 0 aliphatic carbocycles. The topological polar surface area (TPSA) is 110 Å². The highest BCUT2D eigenvalue weighted by Crippen LogP contribution is 2.20. The van der Waals surface area contributed by atoms with Crippen molar-refractivity contribution in [1.29, 1.82) is 0 Å². The van der Waals surface area contributed by atoms with Gasteiger partial charge in [0.2, 0.25) is 0 Å². The predicted molar refractivity (Wildman–Crippen MR) is 103 cm³/mol. The van der Waals surface area contributed by atoms with Gasteiger partial charge in [0, 0.05) is 35.6 Å². The molecule has 0 bridgehead atoms. The second-order valence-electron chi connectivity index (χ2n) is 6.18. The zero-order valence-corrected chi connectivity index (χ0v) is 15.5. The van der Waals surface area contributed by atoms with E-state index in [9.17, 15) is 18.0 Å². The molecule has 0 fully saturated rings. The molecule has 9 heteroatoms. The molecule has 2 N–H and O–H groups in total. The van der Waals surface area contributed by atoms with Gasteiger partial charge in [0.15, 0.2) is 0 Å². The van der Waals surface area contributed by atoms with Crippen LogP contribution in [0.2, 0.25) is 0 Å². The molecule has 1 amide bonds. The molecule has 2 aromatic carbocycles. The smallest absolute Gasteiger partial charge is 0.336 e. The number of rotatable bonds is 4. The number of carbonyl (C=O) groups excluding carboxylic acids is 1. The van der Waals surface area contributed by atoms with Gasteiger partial charge in [-0.15, -0.1) is 4.83 Å². The van der Waals surface area contributed by atoms with Gasteiger partial charge in [-0.3, -0.25) is 10.2 Å². The Labute approximate surface area is 159 Å². The third-order valence-corrected chi connectivity index (χ3v) is 5.59. The Morgan fingerprint density at radius 2 is 1.86 bits per heavy atom. The fraction of sp³-hybridized carbons (Fsp3) is 0.0526. The van der Waals surface area contributed by atoms with Crippen LogP contribution in [0.15, 0.2) is 74.9 Å². The highest BCUT2D eigenvalue weighted by molar-refractivity contribution is 7.89. The summed E-state index contributed by atoms with van der Waals surface area (Å²) in [6, 6.07) is 14.0. The van der Waals surface area contributed by atoms with E-state index in [1.54, 1.807) is 29.9 Å². The van der Waals surface area contributed by atoms with Crippen LogP contribution >= 0.6 is 0 Å². The van der Waals surface area contributed by atoms with Gasteiger partial charge in [-0.2, -0.15) is 0 Å². The number of hydrogen-bond donors (Lipinski definition) is 2. The van der Waals surface area contributed by atoms with Crippen LogP contribution in [0.1, 0.15) is 10.4 Å². The van der Waals surface area contributed by atoms with Gasteiger partial charge in [-0.1, -0.05) is 18.2 Å². The Bertz CT molecular complexity index is 1390. The van der Waals surface area contributed by atoms with Crippen molar-refractivity contribution in [2.45, 2.75) is 4.90 Å². The highest BCUT2D eigenvalue weighted by Gasteiger charge is 2.19. The molecule has 0 unspecified atom stereocenters. The van der Waals surface area contributed by atoms with E-state index in [1.807, 2.05) is 12.1 Å². The standard InChI is InChI=1S/C19H15N3O5S/c1-22-11-15(14-4-2-3-5-16(14)22)19(24)20-21-28(25,26)13-7-8-17-12(10-13)6-9-18(23)27-17/h2-11,21H,1H3,(H,20,24). The van der Waals surface area contributed by atoms with Crippen molar-refractivity contribution >= 4 is 37.8 Å². The van der Waals surface area contributed by atoms with Crippen molar-refractivity contribution in [1.82, 2.24) is 14.8 Å². The fourth-order valence-corrected chi connectivity index (χ4v) is 3.85. The summed E-state index contributed by atoms with van der Waals surface area (Å²) < 4.78 is 31.8. The van der Waals surface area contributed by atoms with E-state index in [0.29, 0.717) is 16.3 Å². The number of hydrogen-bond acceptors (Lipinski definition) is 5. The minimum atomic E-state index is -4.02. The zero-order valence-electron chi connectivity index (χ0n) is 14.7. The summed E-state index contributed by atoms with van der Waals surface area (Å²) in [7, 11) is -2.22. The monoisotopic (exact) mass is 397 g/mol. The molecule has 142 valence electrons. The number of benzene rings is 2. The van der Waals surface area contributed by atoms with E-state index < -0.39 is 21.6 Å². The highest BCUT2D eigenvalue weighted by atomic mass is 32.2. The summed E-state index contributed by atoms with van der Waals surface area (Å²) >= 11 is 0. The lowest BCUT2D eigenvalue weighted by Gasteiger charge is -2.08. The molecule has 0 saturated carbocycles. The number of fused-ring (bicyclic) bond motifs is 2. The largest absolute Gasteiger partial charge is 0.423 e. The summed E-state index contributed by atoms with van der Waals surface area (Å²) in [5.74, 6) is -0.577. The molecular weight excluding hydrogens is 382 g/mol. The molecule has 28 heavy (non-hydrogen) atoms. The van der Waals surface area contributed by atoms with Crippen molar-refractivity contribution in [2.24, 2.45) is 7.05 Å². The maximum Gasteiger partial charge on any atom is 0.336 e. The van der Waals surface area contributed by atoms with Crippen LogP contribution in [0.3, 0.4) is 0 Å². The van der Waals surface area contributed by atoms with Gasteiger partial charge in [-0.05, 0) is 30.3 Å². The number of nitrogens with zero attached hydrogens (tertiary/aromatic N) is 1. The van der Waals surface area contributed by atoms with Gasteiger partial charge < -0.3 is 8.98 Å². The summed E-state index contributed by atoms with van der Waals surface area (Å²) in [5.41, 5.74) is 3.18. The summed E-state index contributed by atoms with van der Waals surface area (Å²) in [6.07, 6.45) is 1.63. The first-order chi connectivity index (χ1) is 13.3. The third kappa shape index (κ3) is 3.17. The number of aromatic nitrogens is 1. The van der Waals surface area contributed by atoms with Crippen molar-refractivity contribution in [3.63, 3.8) is 0 Å².